The summed E-state index contributed by atoms with van der Waals surface area (Å²) in [7, 11) is 1.73. The van der Waals surface area contributed by atoms with Crippen molar-refractivity contribution >= 4 is 23.2 Å². The van der Waals surface area contributed by atoms with Gasteiger partial charge in [-0.3, -0.25) is 0 Å². The summed E-state index contributed by atoms with van der Waals surface area (Å²) in [5.74, 6) is 0. The van der Waals surface area contributed by atoms with E-state index in [0.717, 1.165) is 41.7 Å². The van der Waals surface area contributed by atoms with Crippen molar-refractivity contribution in [2.24, 2.45) is 5.41 Å². The van der Waals surface area contributed by atoms with Gasteiger partial charge in [0.05, 0.1) is 0 Å². The second-order valence-corrected chi connectivity index (χ2v) is 6.09. The van der Waals surface area contributed by atoms with Crippen LogP contribution in [0.15, 0.2) is 18.2 Å². The molecular weight excluding hydrogens is 269 g/mol. The van der Waals surface area contributed by atoms with Crippen LogP contribution in [0.1, 0.15) is 25.8 Å². The number of methoxy groups -OCH3 is 1. The normalized spacial score (nSPS) is 11.8. The van der Waals surface area contributed by atoms with Crippen molar-refractivity contribution in [2.75, 3.05) is 20.3 Å². The predicted molar refractivity (Wildman–Crippen MR) is 78.4 cm³/mol. The molecule has 1 aromatic carbocycles. The molecular formula is C14H21Cl2NO. The van der Waals surface area contributed by atoms with E-state index in [2.05, 4.69) is 19.2 Å². The van der Waals surface area contributed by atoms with Crippen molar-refractivity contribution in [3.8, 4) is 0 Å². The lowest BCUT2D eigenvalue weighted by molar-refractivity contribution is 0.150. The Labute approximate surface area is 120 Å². The molecule has 0 heterocycles. The summed E-state index contributed by atoms with van der Waals surface area (Å²) in [5, 5.41) is 4.89. The molecule has 0 amide bonds. The minimum absolute atomic E-state index is 0.209. The first-order valence-electron chi connectivity index (χ1n) is 6.08. The molecule has 0 aliphatic carbocycles. The van der Waals surface area contributed by atoms with Crippen molar-refractivity contribution in [1.29, 1.82) is 0 Å². The van der Waals surface area contributed by atoms with Crippen molar-refractivity contribution in [2.45, 2.75) is 26.8 Å². The van der Waals surface area contributed by atoms with Gasteiger partial charge in [-0.2, -0.15) is 0 Å². The molecule has 0 aliphatic rings. The average Bonchev–Trinajstić information content (AvgIpc) is 2.31. The zero-order valence-electron chi connectivity index (χ0n) is 11.2. The highest BCUT2D eigenvalue weighted by Gasteiger charge is 2.16. The molecule has 1 N–H and O–H groups in total. The van der Waals surface area contributed by atoms with Crippen LogP contribution in [0.4, 0.5) is 0 Å². The van der Waals surface area contributed by atoms with Gasteiger partial charge in [-0.05, 0) is 35.6 Å². The molecule has 0 unspecified atom stereocenters. The van der Waals surface area contributed by atoms with Crippen LogP contribution in [0.2, 0.25) is 10.0 Å². The molecule has 1 rings (SSSR count). The monoisotopic (exact) mass is 289 g/mol. The van der Waals surface area contributed by atoms with Gasteiger partial charge in [-0.15, -0.1) is 0 Å². The summed E-state index contributed by atoms with van der Waals surface area (Å²) in [5.41, 5.74) is 1.24. The Bertz CT molecular complexity index is 380. The van der Waals surface area contributed by atoms with Crippen LogP contribution in [0.3, 0.4) is 0 Å². The van der Waals surface area contributed by atoms with E-state index in [1.54, 1.807) is 13.2 Å². The van der Waals surface area contributed by atoms with Crippen LogP contribution in [0, 0.1) is 5.41 Å². The molecule has 0 atom stereocenters. The lowest BCUT2D eigenvalue weighted by Gasteiger charge is -2.24. The molecule has 0 saturated carbocycles. The molecule has 0 fully saturated rings. The standard InChI is InChI=1S/C14H21Cl2NO/c1-14(2,6-7-18-3)10-17-9-11-8-12(15)4-5-13(11)16/h4-5,8,17H,6-7,9-10H2,1-3H3. The lowest BCUT2D eigenvalue weighted by Crippen LogP contribution is -2.30. The third-order valence-electron chi connectivity index (χ3n) is 2.91. The van der Waals surface area contributed by atoms with Gasteiger partial charge in [0.1, 0.15) is 0 Å². The van der Waals surface area contributed by atoms with Crippen molar-refractivity contribution < 1.29 is 4.74 Å². The minimum atomic E-state index is 0.209. The number of ether oxygens (including phenoxy) is 1. The van der Waals surface area contributed by atoms with E-state index in [4.69, 9.17) is 27.9 Å². The Morgan fingerprint density at radius 1 is 1.28 bits per heavy atom. The van der Waals surface area contributed by atoms with Crippen LogP contribution in [0.5, 0.6) is 0 Å². The maximum absolute atomic E-state index is 6.11. The summed E-state index contributed by atoms with van der Waals surface area (Å²) in [4.78, 5) is 0. The summed E-state index contributed by atoms with van der Waals surface area (Å²) < 4.78 is 5.11. The zero-order valence-corrected chi connectivity index (χ0v) is 12.7. The van der Waals surface area contributed by atoms with Gasteiger partial charge in [0.15, 0.2) is 0 Å². The maximum atomic E-state index is 6.11. The third kappa shape index (κ3) is 5.57. The Kier molecular flexibility index (Phi) is 6.44. The highest BCUT2D eigenvalue weighted by atomic mass is 35.5. The molecule has 0 radical (unpaired) electrons. The van der Waals surface area contributed by atoms with E-state index in [9.17, 15) is 0 Å². The highest BCUT2D eigenvalue weighted by Crippen LogP contribution is 2.22. The number of hydrogen-bond acceptors (Lipinski definition) is 2. The Morgan fingerprint density at radius 3 is 2.67 bits per heavy atom. The van der Waals surface area contributed by atoms with Crippen molar-refractivity contribution in [3.63, 3.8) is 0 Å². The number of nitrogens with one attached hydrogen (secondary N) is 1. The average molecular weight is 290 g/mol. The van der Waals surface area contributed by atoms with Gasteiger partial charge < -0.3 is 10.1 Å². The second kappa shape index (κ2) is 7.34. The molecule has 0 spiro atoms. The second-order valence-electron chi connectivity index (χ2n) is 5.25. The number of hydrogen-bond donors (Lipinski definition) is 1. The first-order chi connectivity index (χ1) is 8.44. The number of rotatable bonds is 7. The molecule has 0 aromatic heterocycles. The fourth-order valence-corrected chi connectivity index (χ4v) is 2.06. The summed E-state index contributed by atoms with van der Waals surface area (Å²) in [6.45, 7) is 6.87. The Balaban J connectivity index is 2.43. The number of halogens is 2. The Hall–Kier alpha value is -0.280. The van der Waals surface area contributed by atoms with Crippen LogP contribution in [0.25, 0.3) is 0 Å². The van der Waals surface area contributed by atoms with E-state index in [1.807, 2.05) is 12.1 Å². The SMILES string of the molecule is COCCC(C)(C)CNCc1cc(Cl)ccc1Cl. The highest BCUT2D eigenvalue weighted by molar-refractivity contribution is 6.33. The first kappa shape index (κ1) is 15.8. The van der Waals surface area contributed by atoms with E-state index in [-0.39, 0.29) is 5.41 Å². The van der Waals surface area contributed by atoms with E-state index < -0.39 is 0 Å². The van der Waals surface area contributed by atoms with Gasteiger partial charge in [0.25, 0.3) is 0 Å². The summed E-state index contributed by atoms with van der Waals surface area (Å²) in [6, 6.07) is 5.53. The first-order valence-corrected chi connectivity index (χ1v) is 6.84. The van der Waals surface area contributed by atoms with Crippen LogP contribution >= 0.6 is 23.2 Å². The lowest BCUT2D eigenvalue weighted by atomic mass is 9.89. The molecule has 1 aromatic rings. The topological polar surface area (TPSA) is 21.3 Å². The molecule has 0 bridgehead atoms. The largest absolute Gasteiger partial charge is 0.385 e. The van der Waals surface area contributed by atoms with E-state index >= 15 is 0 Å². The molecule has 2 nitrogen and oxygen atoms in total. The fraction of sp³-hybridized carbons (Fsp3) is 0.571. The van der Waals surface area contributed by atoms with Gasteiger partial charge in [-0.1, -0.05) is 37.0 Å². The van der Waals surface area contributed by atoms with Gasteiger partial charge in [-0.25, -0.2) is 0 Å². The quantitative estimate of drug-likeness (QED) is 0.814. The molecule has 18 heavy (non-hydrogen) atoms. The fourth-order valence-electron chi connectivity index (χ4n) is 1.68. The third-order valence-corrected chi connectivity index (χ3v) is 3.51. The van der Waals surface area contributed by atoms with E-state index in [0.29, 0.717) is 0 Å². The van der Waals surface area contributed by atoms with Gasteiger partial charge in [0, 0.05) is 36.9 Å². The zero-order chi connectivity index (χ0) is 13.6. The van der Waals surface area contributed by atoms with Gasteiger partial charge >= 0.3 is 0 Å². The van der Waals surface area contributed by atoms with Crippen molar-refractivity contribution in [3.05, 3.63) is 33.8 Å². The molecule has 0 saturated heterocycles. The molecule has 102 valence electrons. The molecule has 4 heteroatoms. The smallest absolute Gasteiger partial charge is 0.0467 e. The number of benzene rings is 1. The van der Waals surface area contributed by atoms with Crippen LogP contribution in [-0.2, 0) is 11.3 Å². The summed E-state index contributed by atoms with van der Waals surface area (Å²) in [6.07, 6.45) is 1.03. The predicted octanol–water partition coefficient (Wildman–Crippen LogP) is 4.15. The summed E-state index contributed by atoms with van der Waals surface area (Å²) >= 11 is 12.1. The van der Waals surface area contributed by atoms with E-state index in [1.165, 1.54) is 0 Å². The Morgan fingerprint density at radius 2 is 2.00 bits per heavy atom. The molecule has 0 aliphatic heterocycles. The van der Waals surface area contributed by atoms with Crippen LogP contribution < -0.4 is 5.32 Å². The van der Waals surface area contributed by atoms with Crippen molar-refractivity contribution in [1.82, 2.24) is 5.32 Å². The minimum Gasteiger partial charge on any atom is -0.385 e. The van der Waals surface area contributed by atoms with Crippen LogP contribution in [-0.4, -0.2) is 20.3 Å². The van der Waals surface area contributed by atoms with Gasteiger partial charge in [0.2, 0.25) is 0 Å². The maximum Gasteiger partial charge on any atom is 0.0467 e.